The van der Waals surface area contributed by atoms with Crippen LogP contribution in [0.1, 0.15) is 39.0 Å². The highest BCUT2D eigenvalue weighted by Crippen LogP contribution is 2.34. The lowest BCUT2D eigenvalue weighted by atomic mass is 9.88. The van der Waals surface area contributed by atoms with E-state index >= 15 is 0 Å². The number of morpholine rings is 1. The van der Waals surface area contributed by atoms with Gasteiger partial charge in [-0.05, 0) is 82.0 Å². The van der Waals surface area contributed by atoms with Crippen LogP contribution < -0.4 is 14.5 Å². The molecule has 0 bridgehead atoms. The number of amides is 1. The minimum absolute atomic E-state index is 0.00610. The molecule has 2 aromatic rings. The SMILES string of the molecule is C[C@@H]1CCCN1CCCOc1ccc(N2CCC3(CC2)CN(c2cccnc2)C(=O)CO3)cc1. The highest BCUT2D eigenvalue weighted by molar-refractivity contribution is 5.95. The molecule has 0 radical (unpaired) electrons. The Labute approximate surface area is 202 Å². The second-order valence-electron chi connectivity index (χ2n) is 9.87. The molecule has 1 aromatic carbocycles. The van der Waals surface area contributed by atoms with Crippen LogP contribution in [0, 0.1) is 0 Å². The molecular weight excluding hydrogens is 428 g/mol. The van der Waals surface area contributed by atoms with Crippen molar-refractivity contribution in [1.29, 1.82) is 0 Å². The summed E-state index contributed by atoms with van der Waals surface area (Å²) in [5.41, 5.74) is 1.78. The molecule has 1 atom stereocenters. The molecule has 5 rings (SSSR count). The number of rotatable bonds is 7. The number of ether oxygens (including phenoxy) is 2. The zero-order valence-electron chi connectivity index (χ0n) is 20.2. The first-order chi connectivity index (χ1) is 16.6. The maximum absolute atomic E-state index is 12.5. The van der Waals surface area contributed by atoms with Crippen LogP contribution in [0.5, 0.6) is 5.75 Å². The fraction of sp³-hybridized carbons (Fsp3) is 0.556. The second kappa shape index (κ2) is 10.3. The van der Waals surface area contributed by atoms with E-state index in [9.17, 15) is 4.79 Å². The molecule has 34 heavy (non-hydrogen) atoms. The molecule has 7 nitrogen and oxygen atoms in total. The summed E-state index contributed by atoms with van der Waals surface area (Å²) in [6.07, 6.45) is 8.99. The summed E-state index contributed by atoms with van der Waals surface area (Å²) < 4.78 is 12.1. The Kier molecular flexibility index (Phi) is 7.02. The lowest BCUT2D eigenvalue weighted by Gasteiger charge is -2.47. The van der Waals surface area contributed by atoms with Crippen molar-refractivity contribution in [2.24, 2.45) is 0 Å². The van der Waals surface area contributed by atoms with Gasteiger partial charge in [-0.3, -0.25) is 9.78 Å². The Morgan fingerprint density at radius 3 is 2.65 bits per heavy atom. The van der Waals surface area contributed by atoms with Crippen molar-refractivity contribution in [3.05, 3.63) is 48.8 Å². The largest absolute Gasteiger partial charge is 0.494 e. The third-order valence-electron chi connectivity index (χ3n) is 7.63. The van der Waals surface area contributed by atoms with Gasteiger partial charge in [0.1, 0.15) is 12.4 Å². The summed E-state index contributed by atoms with van der Waals surface area (Å²) in [5, 5.41) is 0. The van der Waals surface area contributed by atoms with Gasteiger partial charge in [0.25, 0.3) is 5.91 Å². The third-order valence-corrected chi connectivity index (χ3v) is 7.63. The predicted molar refractivity (Wildman–Crippen MR) is 134 cm³/mol. The monoisotopic (exact) mass is 464 g/mol. The molecule has 0 aliphatic carbocycles. The van der Waals surface area contributed by atoms with Gasteiger partial charge in [-0.25, -0.2) is 0 Å². The van der Waals surface area contributed by atoms with Gasteiger partial charge in [-0.15, -0.1) is 0 Å². The van der Waals surface area contributed by atoms with Crippen LogP contribution in [0.15, 0.2) is 48.8 Å². The summed E-state index contributed by atoms with van der Waals surface area (Å²) in [5.74, 6) is 0.944. The average Bonchev–Trinajstić information content (AvgIpc) is 3.29. The Bertz CT molecular complexity index is 944. The first-order valence-corrected chi connectivity index (χ1v) is 12.7. The highest BCUT2D eigenvalue weighted by Gasteiger charge is 2.42. The van der Waals surface area contributed by atoms with E-state index in [-0.39, 0.29) is 18.1 Å². The topological polar surface area (TPSA) is 58.1 Å². The molecule has 0 saturated carbocycles. The van der Waals surface area contributed by atoms with E-state index in [1.54, 1.807) is 12.4 Å². The quantitative estimate of drug-likeness (QED) is 0.582. The van der Waals surface area contributed by atoms with E-state index in [1.807, 2.05) is 17.0 Å². The van der Waals surface area contributed by atoms with Crippen molar-refractivity contribution in [2.75, 3.05) is 55.7 Å². The maximum Gasteiger partial charge on any atom is 0.253 e. The van der Waals surface area contributed by atoms with Crippen molar-refractivity contribution < 1.29 is 14.3 Å². The van der Waals surface area contributed by atoms with Crippen LogP contribution in [-0.2, 0) is 9.53 Å². The lowest BCUT2D eigenvalue weighted by Crippen LogP contribution is -2.59. The van der Waals surface area contributed by atoms with Gasteiger partial charge in [-0.1, -0.05) is 0 Å². The predicted octanol–water partition coefficient (Wildman–Crippen LogP) is 3.74. The van der Waals surface area contributed by atoms with Crippen LogP contribution in [0.4, 0.5) is 11.4 Å². The number of hydrogen-bond donors (Lipinski definition) is 0. The fourth-order valence-corrected chi connectivity index (χ4v) is 5.47. The molecule has 3 aliphatic rings. The third kappa shape index (κ3) is 5.20. The molecule has 0 N–H and O–H groups in total. The molecule has 4 heterocycles. The van der Waals surface area contributed by atoms with Gasteiger partial charge >= 0.3 is 0 Å². The van der Waals surface area contributed by atoms with Crippen LogP contribution in [0.25, 0.3) is 0 Å². The van der Waals surface area contributed by atoms with E-state index in [2.05, 4.69) is 46.0 Å². The van der Waals surface area contributed by atoms with Crippen molar-refractivity contribution in [1.82, 2.24) is 9.88 Å². The molecule has 182 valence electrons. The van der Waals surface area contributed by atoms with Gasteiger partial charge in [0.2, 0.25) is 0 Å². The molecular formula is C27H36N4O3. The highest BCUT2D eigenvalue weighted by atomic mass is 16.5. The molecule has 1 aromatic heterocycles. The van der Waals surface area contributed by atoms with Crippen LogP contribution in [-0.4, -0.2) is 73.4 Å². The molecule has 7 heteroatoms. The van der Waals surface area contributed by atoms with E-state index in [1.165, 1.54) is 25.1 Å². The number of carbonyl (C=O) groups excluding carboxylic acids is 1. The minimum Gasteiger partial charge on any atom is -0.494 e. The summed E-state index contributed by atoms with van der Waals surface area (Å²) in [7, 11) is 0. The van der Waals surface area contributed by atoms with Crippen molar-refractivity contribution in [3.63, 3.8) is 0 Å². The summed E-state index contributed by atoms with van der Waals surface area (Å²) in [6, 6.07) is 13.0. The Morgan fingerprint density at radius 2 is 1.94 bits per heavy atom. The first-order valence-electron chi connectivity index (χ1n) is 12.7. The smallest absolute Gasteiger partial charge is 0.253 e. The maximum atomic E-state index is 12.5. The standard InChI is InChI=1S/C27H36N4O3/c1-22-5-3-14-29(22)15-4-18-33-25-9-7-23(8-10-25)30-16-11-27(12-17-30)21-31(26(32)20-34-27)24-6-2-13-28-19-24/h2,6-10,13,19,22H,3-5,11-12,14-18,20-21H2,1H3/t22-/m1/s1. The van der Waals surface area contributed by atoms with E-state index in [0.717, 1.165) is 63.0 Å². The van der Waals surface area contributed by atoms with Crippen molar-refractivity contribution in [2.45, 2.75) is 50.7 Å². The van der Waals surface area contributed by atoms with E-state index in [4.69, 9.17) is 9.47 Å². The number of benzene rings is 1. The number of aromatic nitrogens is 1. The molecule has 1 amide bonds. The zero-order valence-corrected chi connectivity index (χ0v) is 20.2. The second-order valence-corrected chi connectivity index (χ2v) is 9.87. The average molecular weight is 465 g/mol. The van der Waals surface area contributed by atoms with Gasteiger partial charge in [-0.2, -0.15) is 0 Å². The Morgan fingerprint density at radius 1 is 1.12 bits per heavy atom. The van der Waals surface area contributed by atoms with Crippen LogP contribution >= 0.6 is 0 Å². The normalized spacial score (nSPS) is 23.0. The Hall–Kier alpha value is -2.64. The summed E-state index contributed by atoms with van der Waals surface area (Å²) >= 11 is 0. The Balaban J connectivity index is 1.10. The van der Waals surface area contributed by atoms with Gasteiger partial charge < -0.3 is 24.2 Å². The van der Waals surface area contributed by atoms with Gasteiger partial charge in [0, 0.05) is 37.6 Å². The molecule has 1 spiro atoms. The first kappa shape index (κ1) is 23.1. The number of carbonyl (C=O) groups is 1. The number of hydrogen-bond acceptors (Lipinski definition) is 6. The molecule has 3 aliphatic heterocycles. The minimum atomic E-state index is -0.282. The van der Waals surface area contributed by atoms with Crippen LogP contribution in [0.3, 0.4) is 0 Å². The number of nitrogens with zero attached hydrogens (tertiary/aromatic N) is 4. The van der Waals surface area contributed by atoms with E-state index < -0.39 is 0 Å². The molecule has 3 fully saturated rings. The number of likely N-dealkylation sites (tertiary alicyclic amines) is 1. The zero-order chi connectivity index (χ0) is 23.4. The lowest BCUT2D eigenvalue weighted by molar-refractivity contribution is -0.141. The van der Waals surface area contributed by atoms with Gasteiger partial charge in [0.15, 0.2) is 0 Å². The summed E-state index contributed by atoms with van der Waals surface area (Å²) in [6.45, 7) is 7.99. The van der Waals surface area contributed by atoms with Gasteiger partial charge in [0.05, 0.1) is 30.6 Å². The van der Waals surface area contributed by atoms with E-state index in [0.29, 0.717) is 6.54 Å². The van der Waals surface area contributed by atoms with Crippen LogP contribution in [0.2, 0.25) is 0 Å². The molecule has 3 saturated heterocycles. The number of piperidine rings is 1. The number of pyridine rings is 1. The summed E-state index contributed by atoms with van der Waals surface area (Å²) in [4.78, 5) is 23.4. The van der Waals surface area contributed by atoms with Crippen molar-refractivity contribution in [3.8, 4) is 5.75 Å². The number of anilines is 2. The fourth-order valence-electron chi connectivity index (χ4n) is 5.47. The molecule has 0 unspecified atom stereocenters. The van der Waals surface area contributed by atoms with Crippen molar-refractivity contribution >= 4 is 17.3 Å².